The molecule has 0 radical (unpaired) electrons. The fourth-order valence-electron chi connectivity index (χ4n) is 1.69. The van der Waals surface area contributed by atoms with Crippen LogP contribution in [0.1, 0.15) is 15.9 Å². The molecule has 1 heterocycles. The van der Waals surface area contributed by atoms with Crippen molar-refractivity contribution in [2.24, 2.45) is 0 Å². The number of amides is 1. The highest BCUT2D eigenvalue weighted by atomic mass is 35.5. The molecule has 0 atom stereocenters. The smallest absolute Gasteiger partial charge is 0.255 e. The second-order valence-electron chi connectivity index (χ2n) is 4.11. The summed E-state index contributed by atoms with van der Waals surface area (Å²) < 4.78 is 13.2. The molecule has 4 nitrogen and oxygen atoms in total. The summed E-state index contributed by atoms with van der Waals surface area (Å²) in [5.41, 5.74) is 1.07. The van der Waals surface area contributed by atoms with E-state index in [1.807, 2.05) is 12.1 Å². The minimum absolute atomic E-state index is 0.168. The average Bonchev–Trinajstić information content (AvgIpc) is 2.46. The first-order chi connectivity index (χ1) is 9.60. The zero-order valence-corrected chi connectivity index (χ0v) is 11.5. The fraction of sp³-hybridized carbons (Fsp3) is 0.143. The van der Waals surface area contributed by atoms with E-state index in [1.165, 1.54) is 0 Å². The third kappa shape index (κ3) is 3.45. The van der Waals surface area contributed by atoms with Crippen molar-refractivity contribution in [3.8, 4) is 0 Å². The zero-order valence-electron chi connectivity index (χ0n) is 10.8. The van der Waals surface area contributed by atoms with E-state index in [4.69, 9.17) is 11.6 Å². The van der Waals surface area contributed by atoms with Gasteiger partial charge >= 0.3 is 0 Å². The van der Waals surface area contributed by atoms with Gasteiger partial charge in [0.2, 0.25) is 0 Å². The van der Waals surface area contributed by atoms with Gasteiger partial charge in [-0.3, -0.25) is 4.79 Å². The van der Waals surface area contributed by atoms with Crippen LogP contribution in [-0.4, -0.2) is 17.9 Å². The van der Waals surface area contributed by atoms with Crippen LogP contribution >= 0.6 is 11.6 Å². The van der Waals surface area contributed by atoms with Crippen molar-refractivity contribution in [3.05, 3.63) is 58.5 Å². The molecule has 2 aromatic rings. The molecule has 104 valence electrons. The van der Waals surface area contributed by atoms with Crippen molar-refractivity contribution in [2.75, 3.05) is 12.4 Å². The van der Waals surface area contributed by atoms with E-state index >= 15 is 0 Å². The van der Waals surface area contributed by atoms with Gasteiger partial charge in [-0.05, 0) is 23.8 Å². The number of benzene rings is 1. The highest BCUT2D eigenvalue weighted by molar-refractivity contribution is 6.30. The van der Waals surface area contributed by atoms with Crippen LogP contribution in [0.5, 0.6) is 0 Å². The molecule has 0 aliphatic carbocycles. The predicted molar refractivity (Wildman–Crippen MR) is 76.4 cm³/mol. The largest absolute Gasteiger partial charge is 0.372 e. The quantitative estimate of drug-likeness (QED) is 0.911. The number of rotatable bonds is 4. The molecule has 0 unspecified atom stereocenters. The van der Waals surface area contributed by atoms with Crippen LogP contribution in [0.4, 0.5) is 10.2 Å². The molecule has 0 fully saturated rings. The Labute approximate surface area is 121 Å². The Morgan fingerprint density at radius 1 is 1.35 bits per heavy atom. The van der Waals surface area contributed by atoms with Crippen molar-refractivity contribution in [1.82, 2.24) is 10.3 Å². The maximum absolute atomic E-state index is 13.2. The predicted octanol–water partition coefficient (Wildman–Crippen LogP) is 2.85. The second kappa shape index (κ2) is 6.34. The minimum atomic E-state index is -0.555. The molecule has 1 aromatic heterocycles. The molecule has 1 aromatic carbocycles. The van der Waals surface area contributed by atoms with E-state index < -0.39 is 11.7 Å². The number of pyridine rings is 1. The summed E-state index contributed by atoms with van der Waals surface area (Å²) in [6, 6.07) is 8.25. The summed E-state index contributed by atoms with van der Waals surface area (Å²) in [5, 5.41) is 6.09. The maximum Gasteiger partial charge on any atom is 0.255 e. The van der Waals surface area contributed by atoms with Gasteiger partial charge in [0.15, 0.2) is 0 Å². The molecular formula is C14H13ClFN3O. The first-order valence-corrected chi connectivity index (χ1v) is 6.34. The summed E-state index contributed by atoms with van der Waals surface area (Å²) in [5.74, 6) is -0.614. The Balaban J connectivity index is 2.08. The Hall–Kier alpha value is -2.14. The SMILES string of the molecule is CNc1ncc(F)cc1C(=O)NCc1ccc(Cl)cc1. The van der Waals surface area contributed by atoms with Crippen LogP contribution in [0.3, 0.4) is 0 Å². The fourth-order valence-corrected chi connectivity index (χ4v) is 1.82. The molecule has 2 rings (SSSR count). The molecular weight excluding hydrogens is 281 g/mol. The summed E-state index contributed by atoms with van der Waals surface area (Å²) in [6.07, 6.45) is 1.06. The first-order valence-electron chi connectivity index (χ1n) is 5.96. The van der Waals surface area contributed by atoms with Crippen molar-refractivity contribution in [1.29, 1.82) is 0 Å². The Kier molecular flexibility index (Phi) is 4.53. The molecule has 0 aliphatic heterocycles. The molecule has 0 bridgehead atoms. The van der Waals surface area contributed by atoms with Crippen molar-refractivity contribution in [2.45, 2.75) is 6.54 Å². The third-order valence-corrected chi connectivity index (χ3v) is 2.95. The summed E-state index contributed by atoms with van der Waals surface area (Å²) in [4.78, 5) is 15.9. The summed E-state index contributed by atoms with van der Waals surface area (Å²) >= 11 is 5.78. The van der Waals surface area contributed by atoms with Crippen molar-refractivity contribution < 1.29 is 9.18 Å². The van der Waals surface area contributed by atoms with E-state index in [1.54, 1.807) is 19.2 Å². The van der Waals surface area contributed by atoms with Gasteiger partial charge in [0.05, 0.1) is 11.8 Å². The highest BCUT2D eigenvalue weighted by Gasteiger charge is 2.12. The van der Waals surface area contributed by atoms with Gasteiger partial charge in [-0.25, -0.2) is 9.37 Å². The number of halogens is 2. The highest BCUT2D eigenvalue weighted by Crippen LogP contribution is 2.13. The third-order valence-electron chi connectivity index (χ3n) is 2.70. The van der Waals surface area contributed by atoms with Gasteiger partial charge in [-0.15, -0.1) is 0 Å². The Bertz CT molecular complexity index is 616. The zero-order chi connectivity index (χ0) is 14.5. The summed E-state index contributed by atoms with van der Waals surface area (Å²) in [6.45, 7) is 0.329. The number of nitrogens with zero attached hydrogens (tertiary/aromatic N) is 1. The van der Waals surface area contributed by atoms with Gasteiger partial charge in [-0.2, -0.15) is 0 Å². The minimum Gasteiger partial charge on any atom is -0.372 e. The molecule has 1 amide bonds. The van der Waals surface area contributed by atoms with Crippen LogP contribution in [0.25, 0.3) is 0 Å². The van der Waals surface area contributed by atoms with E-state index in [0.29, 0.717) is 17.4 Å². The lowest BCUT2D eigenvalue weighted by Crippen LogP contribution is -2.24. The number of carbonyl (C=O) groups excluding carboxylic acids is 1. The average molecular weight is 294 g/mol. The monoisotopic (exact) mass is 293 g/mol. The topological polar surface area (TPSA) is 54.0 Å². The molecule has 0 spiro atoms. The number of anilines is 1. The second-order valence-corrected chi connectivity index (χ2v) is 4.55. The van der Waals surface area contributed by atoms with Crippen molar-refractivity contribution >= 4 is 23.3 Å². The van der Waals surface area contributed by atoms with Crippen molar-refractivity contribution in [3.63, 3.8) is 0 Å². The van der Waals surface area contributed by atoms with Gasteiger partial charge in [0.25, 0.3) is 5.91 Å². The maximum atomic E-state index is 13.2. The van der Waals surface area contributed by atoms with Gasteiger partial charge in [-0.1, -0.05) is 23.7 Å². The van der Waals surface area contributed by atoms with E-state index in [0.717, 1.165) is 17.8 Å². The summed E-state index contributed by atoms with van der Waals surface area (Å²) in [7, 11) is 1.62. The van der Waals surface area contributed by atoms with E-state index in [2.05, 4.69) is 15.6 Å². The molecule has 6 heteroatoms. The molecule has 0 saturated carbocycles. The lowest BCUT2D eigenvalue weighted by atomic mass is 10.2. The number of hydrogen-bond donors (Lipinski definition) is 2. The van der Waals surface area contributed by atoms with Crippen LogP contribution in [0.2, 0.25) is 5.02 Å². The molecule has 0 saturated heterocycles. The van der Waals surface area contributed by atoms with Crippen LogP contribution in [0.15, 0.2) is 36.5 Å². The first kappa shape index (κ1) is 14.3. The van der Waals surface area contributed by atoms with E-state index in [9.17, 15) is 9.18 Å². The number of aromatic nitrogens is 1. The molecule has 2 N–H and O–H groups in total. The number of nitrogens with one attached hydrogen (secondary N) is 2. The van der Waals surface area contributed by atoms with Gasteiger partial charge < -0.3 is 10.6 Å². The van der Waals surface area contributed by atoms with Crippen LogP contribution in [0, 0.1) is 5.82 Å². The van der Waals surface area contributed by atoms with E-state index in [-0.39, 0.29) is 5.56 Å². The lowest BCUT2D eigenvalue weighted by molar-refractivity contribution is 0.0951. The van der Waals surface area contributed by atoms with Gasteiger partial charge in [0.1, 0.15) is 11.6 Å². The Morgan fingerprint density at radius 3 is 2.70 bits per heavy atom. The Morgan fingerprint density at radius 2 is 2.05 bits per heavy atom. The standard InChI is InChI=1S/C14H13ClFN3O/c1-17-13-12(6-11(16)8-18-13)14(20)19-7-9-2-4-10(15)5-3-9/h2-6,8H,7H2,1H3,(H,17,18)(H,19,20). The molecule has 20 heavy (non-hydrogen) atoms. The van der Waals surface area contributed by atoms with Crippen LogP contribution in [-0.2, 0) is 6.54 Å². The van der Waals surface area contributed by atoms with Crippen LogP contribution < -0.4 is 10.6 Å². The van der Waals surface area contributed by atoms with Gasteiger partial charge in [0, 0.05) is 18.6 Å². The number of hydrogen-bond acceptors (Lipinski definition) is 3. The normalized spacial score (nSPS) is 10.2. The lowest BCUT2D eigenvalue weighted by Gasteiger charge is -2.09. The number of carbonyl (C=O) groups is 1. The molecule has 0 aliphatic rings.